The first-order valence-electron chi connectivity index (χ1n) is 6.62. The summed E-state index contributed by atoms with van der Waals surface area (Å²) in [5, 5.41) is 3.22. The van der Waals surface area contributed by atoms with Crippen LogP contribution in [0.1, 0.15) is 19.8 Å². The number of carbonyl (C=O) groups excluding carboxylic acids is 1. The summed E-state index contributed by atoms with van der Waals surface area (Å²) in [6, 6.07) is 6.81. The molecule has 1 aromatic rings. The number of hydrogen-bond acceptors (Lipinski definition) is 3. The number of amides is 1. The van der Waals surface area contributed by atoms with Gasteiger partial charge in [-0.15, -0.1) is 0 Å². The first-order valence-corrected chi connectivity index (χ1v) is 6.62. The van der Waals surface area contributed by atoms with Crippen LogP contribution in [0.5, 0.6) is 5.75 Å². The van der Waals surface area contributed by atoms with Crippen LogP contribution < -0.4 is 10.1 Å². The van der Waals surface area contributed by atoms with Gasteiger partial charge in [-0.3, -0.25) is 4.79 Å². The number of rotatable bonds is 4. The van der Waals surface area contributed by atoms with Crippen molar-refractivity contribution in [3.63, 3.8) is 0 Å². The Morgan fingerprint density at radius 2 is 2.00 bits per heavy atom. The van der Waals surface area contributed by atoms with Crippen LogP contribution in [0.25, 0.3) is 0 Å². The third kappa shape index (κ3) is 3.82. The van der Waals surface area contributed by atoms with Crippen molar-refractivity contribution < 1.29 is 18.3 Å². The Morgan fingerprint density at radius 1 is 1.35 bits per heavy atom. The van der Waals surface area contributed by atoms with E-state index in [9.17, 15) is 13.6 Å². The summed E-state index contributed by atoms with van der Waals surface area (Å²) in [5.74, 6) is 0.224. The Hall–Kier alpha value is -1.85. The molecule has 0 bridgehead atoms. The largest absolute Gasteiger partial charge is 0.433 e. The predicted molar refractivity (Wildman–Crippen MR) is 72.0 cm³/mol. The summed E-state index contributed by atoms with van der Waals surface area (Å²) in [6.45, 7) is 0.0902. The van der Waals surface area contributed by atoms with Crippen molar-refractivity contribution in [2.75, 3.05) is 18.4 Å². The Morgan fingerprint density at radius 3 is 2.60 bits per heavy atom. The van der Waals surface area contributed by atoms with E-state index in [-0.39, 0.29) is 17.7 Å². The number of alkyl halides is 2. The molecule has 1 amide bonds. The van der Waals surface area contributed by atoms with Gasteiger partial charge in [0.2, 0.25) is 5.91 Å². The lowest BCUT2D eigenvalue weighted by molar-refractivity contribution is -0.129. The molecule has 20 heavy (non-hydrogen) atoms. The van der Waals surface area contributed by atoms with E-state index in [1.807, 2.05) is 0 Å². The van der Waals surface area contributed by atoms with Crippen LogP contribution >= 0.6 is 0 Å². The highest BCUT2D eigenvalue weighted by Gasteiger charge is 2.21. The summed E-state index contributed by atoms with van der Waals surface area (Å²) in [6.07, 6.45) is 1.59. The van der Waals surface area contributed by atoms with Gasteiger partial charge in [-0.1, -0.05) is 12.1 Å². The zero-order chi connectivity index (χ0) is 14.5. The molecule has 0 aromatic heterocycles. The number of likely N-dealkylation sites (tertiary alicyclic amines) is 1. The van der Waals surface area contributed by atoms with Crippen molar-refractivity contribution in [2.45, 2.75) is 32.4 Å². The van der Waals surface area contributed by atoms with Crippen LogP contribution in [-0.2, 0) is 4.79 Å². The maximum absolute atomic E-state index is 12.3. The summed E-state index contributed by atoms with van der Waals surface area (Å²) >= 11 is 0. The van der Waals surface area contributed by atoms with Crippen molar-refractivity contribution in [2.24, 2.45) is 0 Å². The SMILES string of the molecule is CC(=O)N1CCC(Nc2ccccc2OC(F)F)CC1. The summed E-state index contributed by atoms with van der Waals surface area (Å²) in [4.78, 5) is 13.0. The lowest BCUT2D eigenvalue weighted by atomic mass is 10.0. The highest BCUT2D eigenvalue weighted by Crippen LogP contribution is 2.27. The van der Waals surface area contributed by atoms with Crippen LogP contribution in [0.2, 0.25) is 0 Å². The molecule has 0 spiro atoms. The summed E-state index contributed by atoms with van der Waals surface area (Å²) in [5.41, 5.74) is 0.564. The maximum Gasteiger partial charge on any atom is 0.387 e. The summed E-state index contributed by atoms with van der Waals surface area (Å²) < 4.78 is 29.1. The van der Waals surface area contributed by atoms with Crippen LogP contribution in [0.3, 0.4) is 0 Å². The van der Waals surface area contributed by atoms with Gasteiger partial charge < -0.3 is 15.0 Å². The van der Waals surface area contributed by atoms with Gasteiger partial charge in [0.05, 0.1) is 5.69 Å². The van der Waals surface area contributed by atoms with Gasteiger partial charge in [0, 0.05) is 26.1 Å². The molecule has 6 heteroatoms. The van der Waals surface area contributed by atoms with E-state index in [4.69, 9.17) is 0 Å². The normalized spacial score (nSPS) is 16.3. The number of piperidine rings is 1. The second-order valence-electron chi connectivity index (χ2n) is 4.80. The minimum atomic E-state index is -2.84. The van der Waals surface area contributed by atoms with Crippen LogP contribution in [0.4, 0.5) is 14.5 Å². The number of carbonyl (C=O) groups is 1. The molecule has 0 aliphatic carbocycles. The van der Waals surface area contributed by atoms with Gasteiger partial charge in [-0.05, 0) is 25.0 Å². The van der Waals surface area contributed by atoms with Crippen LogP contribution in [0.15, 0.2) is 24.3 Å². The monoisotopic (exact) mass is 284 g/mol. The second kappa shape index (κ2) is 6.54. The number of nitrogens with one attached hydrogen (secondary N) is 1. The average Bonchev–Trinajstić information content (AvgIpc) is 2.41. The van der Waals surface area contributed by atoms with Crippen molar-refractivity contribution in [1.82, 2.24) is 4.90 Å². The molecule has 1 aliphatic rings. The molecule has 1 saturated heterocycles. The zero-order valence-electron chi connectivity index (χ0n) is 11.3. The molecule has 0 saturated carbocycles. The molecule has 0 atom stereocenters. The Kier molecular flexibility index (Phi) is 4.76. The number of ether oxygens (including phenoxy) is 1. The van der Waals surface area contributed by atoms with Gasteiger partial charge in [-0.2, -0.15) is 8.78 Å². The molecule has 1 aromatic carbocycles. The Labute approximate surface area is 116 Å². The minimum Gasteiger partial charge on any atom is -0.433 e. The van der Waals surface area contributed by atoms with Crippen molar-refractivity contribution in [3.8, 4) is 5.75 Å². The third-order valence-electron chi connectivity index (χ3n) is 3.40. The highest BCUT2D eigenvalue weighted by atomic mass is 19.3. The fourth-order valence-corrected chi connectivity index (χ4v) is 2.34. The molecule has 0 radical (unpaired) electrons. The van der Waals surface area contributed by atoms with Crippen molar-refractivity contribution in [1.29, 1.82) is 0 Å². The molecular weight excluding hydrogens is 266 g/mol. The Bertz CT molecular complexity index is 460. The molecule has 0 unspecified atom stereocenters. The number of para-hydroxylation sites is 2. The molecule has 4 nitrogen and oxygen atoms in total. The molecule has 1 heterocycles. The predicted octanol–water partition coefficient (Wildman–Crippen LogP) is 2.71. The number of anilines is 1. The van der Waals surface area contributed by atoms with Gasteiger partial charge >= 0.3 is 6.61 Å². The second-order valence-corrected chi connectivity index (χ2v) is 4.80. The van der Waals surface area contributed by atoms with Gasteiger partial charge in [-0.25, -0.2) is 0 Å². The van der Waals surface area contributed by atoms with E-state index in [2.05, 4.69) is 10.1 Å². The van der Waals surface area contributed by atoms with E-state index < -0.39 is 6.61 Å². The lowest BCUT2D eigenvalue weighted by Gasteiger charge is -2.32. The van der Waals surface area contributed by atoms with Crippen LogP contribution in [0, 0.1) is 0 Å². The standard InChI is InChI=1S/C14H18F2N2O2/c1-10(19)18-8-6-11(7-9-18)17-12-4-2-3-5-13(12)20-14(15)16/h2-5,11,14,17H,6-9H2,1H3. The van der Waals surface area contributed by atoms with Gasteiger partial charge in [0.1, 0.15) is 5.75 Å². The fraction of sp³-hybridized carbons (Fsp3) is 0.500. The zero-order valence-corrected chi connectivity index (χ0v) is 11.3. The topological polar surface area (TPSA) is 41.6 Å². The highest BCUT2D eigenvalue weighted by molar-refractivity contribution is 5.73. The number of nitrogens with zero attached hydrogens (tertiary/aromatic N) is 1. The first-order chi connectivity index (χ1) is 9.56. The van der Waals surface area contributed by atoms with E-state index in [0.29, 0.717) is 18.8 Å². The summed E-state index contributed by atoms with van der Waals surface area (Å²) in [7, 11) is 0. The maximum atomic E-state index is 12.3. The van der Waals surface area contributed by atoms with E-state index in [1.165, 1.54) is 6.07 Å². The average molecular weight is 284 g/mol. The molecular formula is C14H18F2N2O2. The smallest absolute Gasteiger partial charge is 0.387 e. The third-order valence-corrected chi connectivity index (χ3v) is 3.40. The number of halogens is 2. The first kappa shape index (κ1) is 14.6. The van der Waals surface area contributed by atoms with Crippen molar-refractivity contribution >= 4 is 11.6 Å². The van der Waals surface area contributed by atoms with E-state index in [0.717, 1.165) is 12.8 Å². The van der Waals surface area contributed by atoms with E-state index in [1.54, 1.807) is 30.0 Å². The van der Waals surface area contributed by atoms with Crippen LogP contribution in [-0.4, -0.2) is 36.5 Å². The van der Waals surface area contributed by atoms with Gasteiger partial charge in [0.25, 0.3) is 0 Å². The molecule has 110 valence electrons. The quantitative estimate of drug-likeness (QED) is 0.924. The van der Waals surface area contributed by atoms with Crippen molar-refractivity contribution in [3.05, 3.63) is 24.3 Å². The molecule has 1 N–H and O–H groups in total. The van der Waals surface area contributed by atoms with E-state index >= 15 is 0 Å². The lowest BCUT2D eigenvalue weighted by Crippen LogP contribution is -2.41. The minimum absolute atomic E-state index is 0.0740. The molecule has 2 rings (SSSR count). The molecule has 1 fully saturated rings. The fourth-order valence-electron chi connectivity index (χ4n) is 2.34. The Balaban J connectivity index is 1.96. The number of benzene rings is 1. The molecule has 1 aliphatic heterocycles. The number of hydrogen-bond donors (Lipinski definition) is 1. The van der Waals surface area contributed by atoms with Gasteiger partial charge in [0.15, 0.2) is 0 Å².